The maximum atomic E-state index is 11.9. The van der Waals surface area contributed by atoms with Gasteiger partial charge in [0.2, 0.25) is 6.79 Å². The van der Waals surface area contributed by atoms with Gasteiger partial charge in [-0.15, -0.1) is 0 Å². The summed E-state index contributed by atoms with van der Waals surface area (Å²) in [5.74, 6) is 1.32. The smallest absolute Gasteiger partial charge is 0.319 e. The highest BCUT2D eigenvalue weighted by atomic mass is 16.7. The third-order valence-corrected chi connectivity index (χ3v) is 3.61. The van der Waals surface area contributed by atoms with Crippen molar-refractivity contribution in [3.8, 4) is 11.5 Å². The predicted octanol–water partition coefficient (Wildman–Crippen LogP) is 1.84. The van der Waals surface area contributed by atoms with Crippen LogP contribution in [0.5, 0.6) is 11.5 Å². The second-order valence-electron chi connectivity index (χ2n) is 5.18. The highest BCUT2D eigenvalue weighted by molar-refractivity contribution is 5.89. The minimum atomic E-state index is -0.306. The van der Waals surface area contributed by atoms with E-state index in [4.69, 9.17) is 9.47 Å². The Hall–Kier alpha value is -1.95. The summed E-state index contributed by atoms with van der Waals surface area (Å²) in [6.07, 6.45) is 2.98. The third kappa shape index (κ3) is 2.96. The number of aliphatic hydroxyl groups excluding tert-OH is 1. The number of benzene rings is 1. The molecular formula is C14H18N2O4. The van der Waals surface area contributed by atoms with Crippen LogP contribution >= 0.6 is 0 Å². The number of hydrogen-bond acceptors (Lipinski definition) is 4. The molecular weight excluding hydrogens is 260 g/mol. The van der Waals surface area contributed by atoms with Gasteiger partial charge >= 0.3 is 6.03 Å². The first-order valence-corrected chi connectivity index (χ1v) is 6.86. The molecule has 0 unspecified atom stereocenters. The number of nitrogens with one attached hydrogen (secondary N) is 2. The number of hydrogen-bond donors (Lipinski definition) is 3. The van der Waals surface area contributed by atoms with Gasteiger partial charge in [0.15, 0.2) is 11.5 Å². The van der Waals surface area contributed by atoms with E-state index in [1.54, 1.807) is 18.2 Å². The van der Waals surface area contributed by atoms with Gasteiger partial charge in [-0.1, -0.05) is 0 Å². The van der Waals surface area contributed by atoms with E-state index in [-0.39, 0.29) is 25.0 Å². The average Bonchev–Trinajstić information content (AvgIpc) is 2.86. The molecule has 0 saturated heterocycles. The zero-order chi connectivity index (χ0) is 13.9. The molecule has 2 amide bonds. The van der Waals surface area contributed by atoms with Crippen LogP contribution in [0.1, 0.15) is 25.7 Å². The lowest BCUT2D eigenvalue weighted by Gasteiger charge is -2.26. The van der Waals surface area contributed by atoms with Crippen molar-refractivity contribution < 1.29 is 19.4 Å². The fourth-order valence-electron chi connectivity index (χ4n) is 2.62. The molecule has 2 aliphatic rings. The Balaban J connectivity index is 1.56. The Morgan fingerprint density at radius 2 is 2.10 bits per heavy atom. The fourth-order valence-corrected chi connectivity index (χ4v) is 2.62. The summed E-state index contributed by atoms with van der Waals surface area (Å²) in [7, 11) is 0. The van der Waals surface area contributed by atoms with Gasteiger partial charge in [0.05, 0.1) is 6.10 Å². The van der Waals surface area contributed by atoms with E-state index in [2.05, 4.69) is 10.6 Å². The number of carbonyl (C=O) groups is 1. The summed E-state index contributed by atoms with van der Waals surface area (Å²) in [6, 6.07) is 5.04. The van der Waals surface area contributed by atoms with Crippen LogP contribution < -0.4 is 20.1 Å². The van der Waals surface area contributed by atoms with Gasteiger partial charge in [0, 0.05) is 17.8 Å². The van der Waals surface area contributed by atoms with Crippen LogP contribution in [0.3, 0.4) is 0 Å². The monoisotopic (exact) mass is 278 g/mol. The zero-order valence-corrected chi connectivity index (χ0v) is 11.1. The first-order valence-electron chi connectivity index (χ1n) is 6.86. The Morgan fingerprint density at radius 1 is 1.25 bits per heavy atom. The minimum Gasteiger partial charge on any atom is -0.454 e. The molecule has 0 aromatic heterocycles. The lowest BCUT2D eigenvalue weighted by Crippen LogP contribution is -2.41. The quantitative estimate of drug-likeness (QED) is 0.771. The normalized spacial score (nSPS) is 24.2. The van der Waals surface area contributed by atoms with E-state index in [0.717, 1.165) is 19.3 Å². The maximum absolute atomic E-state index is 11.9. The fraction of sp³-hybridized carbons (Fsp3) is 0.500. The summed E-state index contributed by atoms with van der Waals surface area (Å²) in [5.41, 5.74) is 0.656. The summed E-state index contributed by atoms with van der Waals surface area (Å²) in [5, 5.41) is 15.2. The molecule has 1 aromatic rings. The summed E-state index contributed by atoms with van der Waals surface area (Å²) >= 11 is 0. The van der Waals surface area contributed by atoms with Crippen LogP contribution in [-0.4, -0.2) is 30.1 Å². The molecule has 3 rings (SSSR count). The van der Waals surface area contributed by atoms with Crippen LogP contribution in [0.4, 0.5) is 10.5 Å². The first kappa shape index (κ1) is 13.1. The van der Waals surface area contributed by atoms with Crippen LogP contribution in [0.25, 0.3) is 0 Å². The topological polar surface area (TPSA) is 79.8 Å². The van der Waals surface area contributed by atoms with E-state index < -0.39 is 0 Å². The van der Waals surface area contributed by atoms with Crippen molar-refractivity contribution >= 4 is 11.7 Å². The molecule has 0 spiro atoms. The largest absolute Gasteiger partial charge is 0.454 e. The Bertz CT molecular complexity index is 506. The van der Waals surface area contributed by atoms with Gasteiger partial charge in [0.25, 0.3) is 0 Å². The average molecular weight is 278 g/mol. The Morgan fingerprint density at radius 3 is 2.95 bits per heavy atom. The lowest BCUT2D eigenvalue weighted by atomic mass is 9.93. The van der Waals surface area contributed by atoms with Crippen molar-refractivity contribution in [1.82, 2.24) is 5.32 Å². The molecule has 0 radical (unpaired) electrons. The molecule has 1 aliphatic carbocycles. The zero-order valence-electron chi connectivity index (χ0n) is 11.1. The first-order chi connectivity index (χ1) is 9.70. The van der Waals surface area contributed by atoms with Gasteiger partial charge in [-0.2, -0.15) is 0 Å². The van der Waals surface area contributed by atoms with Crippen LogP contribution in [-0.2, 0) is 0 Å². The van der Waals surface area contributed by atoms with E-state index in [1.807, 2.05) is 0 Å². The molecule has 108 valence electrons. The van der Waals surface area contributed by atoms with Crippen LogP contribution in [0, 0.1) is 0 Å². The summed E-state index contributed by atoms with van der Waals surface area (Å²) < 4.78 is 10.5. The van der Waals surface area contributed by atoms with Gasteiger partial charge in [-0.05, 0) is 37.8 Å². The van der Waals surface area contributed by atoms with Crippen molar-refractivity contribution in [2.45, 2.75) is 37.8 Å². The van der Waals surface area contributed by atoms with Crippen molar-refractivity contribution in [3.63, 3.8) is 0 Å². The molecule has 6 nitrogen and oxygen atoms in total. The molecule has 6 heteroatoms. The lowest BCUT2D eigenvalue weighted by molar-refractivity contribution is 0.114. The van der Waals surface area contributed by atoms with Gasteiger partial charge < -0.3 is 25.2 Å². The molecule has 3 N–H and O–H groups in total. The Labute approximate surface area is 117 Å². The van der Waals surface area contributed by atoms with Gasteiger partial charge in [0.1, 0.15) is 0 Å². The van der Waals surface area contributed by atoms with Gasteiger partial charge in [-0.3, -0.25) is 0 Å². The molecule has 2 atom stereocenters. The molecule has 1 aliphatic heterocycles. The SMILES string of the molecule is O=C(Nc1ccc2c(c1)OCO2)N[C@H]1CCC[C@H](O)C1. The van der Waals surface area contributed by atoms with Gasteiger partial charge in [-0.25, -0.2) is 4.79 Å². The standard InChI is InChI=1S/C14H18N2O4/c17-11-3-1-2-9(6-11)15-14(18)16-10-4-5-12-13(7-10)20-8-19-12/h4-5,7,9,11,17H,1-3,6,8H2,(H2,15,16,18)/t9-,11-/m0/s1. The number of amides is 2. The molecule has 20 heavy (non-hydrogen) atoms. The highest BCUT2D eigenvalue weighted by Crippen LogP contribution is 2.34. The summed E-state index contributed by atoms with van der Waals surface area (Å²) in [6.45, 7) is 0.213. The van der Waals surface area contributed by atoms with E-state index in [0.29, 0.717) is 23.6 Å². The van der Waals surface area contributed by atoms with Crippen LogP contribution in [0.15, 0.2) is 18.2 Å². The number of fused-ring (bicyclic) bond motifs is 1. The molecule has 1 heterocycles. The number of urea groups is 1. The molecule has 1 aromatic carbocycles. The predicted molar refractivity (Wildman–Crippen MR) is 73.0 cm³/mol. The molecule has 1 fully saturated rings. The van der Waals surface area contributed by atoms with Crippen molar-refractivity contribution in [2.24, 2.45) is 0 Å². The maximum Gasteiger partial charge on any atom is 0.319 e. The third-order valence-electron chi connectivity index (χ3n) is 3.61. The number of carbonyl (C=O) groups excluding carboxylic acids is 1. The van der Waals surface area contributed by atoms with Crippen molar-refractivity contribution in [3.05, 3.63) is 18.2 Å². The Kier molecular flexibility index (Phi) is 3.64. The molecule has 1 saturated carbocycles. The second-order valence-corrected chi connectivity index (χ2v) is 5.18. The van der Waals surface area contributed by atoms with E-state index >= 15 is 0 Å². The number of rotatable bonds is 2. The highest BCUT2D eigenvalue weighted by Gasteiger charge is 2.22. The number of anilines is 1. The minimum absolute atomic E-state index is 0.0350. The second kappa shape index (κ2) is 5.58. The van der Waals surface area contributed by atoms with E-state index in [9.17, 15) is 9.90 Å². The van der Waals surface area contributed by atoms with Crippen LogP contribution in [0.2, 0.25) is 0 Å². The van der Waals surface area contributed by atoms with Crippen molar-refractivity contribution in [1.29, 1.82) is 0 Å². The number of ether oxygens (including phenoxy) is 2. The number of aliphatic hydroxyl groups is 1. The molecule has 0 bridgehead atoms. The summed E-state index contributed by atoms with van der Waals surface area (Å²) in [4.78, 5) is 11.9. The van der Waals surface area contributed by atoms with E-state index in [1.165, 1.54) is 0 Å². The van der Waals surface area contributed by atoms with Crippen molar-refractivity contribution in [2.75, 3.05) is 12.1 Å².